The maximum Gasteiger partial charge on any atom is 0.252 e. The molecule has 1 N–H and O–H groups in total. The Labute approximate surface area is 153 Å². The molecule has 0 aliphatic carbocycles. The number of carbonyl (C=O) groups is 1. The van der Waals surface area contributed by atoms with Gasteiger partial charge < -0.3 is 9.32 Å². The summed E-state index contributed by atoms with van der Waals surface area (Å²) in [6.07, 6.45) is 1.50. The molecule has 3 rings (SSSR count). The van der Waals surface area contributed by atoms with Crippen molar-refractivity contribution in [3.05, 3.63) is 89.7 Å². The Balaban J connectivity index is 1.76. The minimum absolute atomic E-state index is 0.196. The molecule has 26 heavy (non-hydrogen) atoms. The van der Waals surface area contributed by atoms with Crippen LogP contribution in [0.3, 0.4) is 0 Å². The summed E-state index contributed by atoms with van der Waals surface area (Å²) in [5.41, 5.74) is 4.46. The van der Waals surface area contributed by atoms with E-state index in [0.29, 0.717) is 5.76 Å². The lowest BCUT2D eigenvalue weighted by Gasteiger charge is -2.16. The van der Waals surface area contributed by atoms with Crippen LogP contribution in [0.4, 0.5) is 5.88 Å². The van der Waals surface area contributed by atoms with Crippen LogP contribution in [0, 0.1) is 0 Å². The Morgan fingerprint density at radius 3 is 2.04 bits per heavy atom. The first-order valence-corrected chi connectivity index (χ1v) is 8.35. The molecule has 0 saturated carbocycles. The number of anilines is 1. The van der Waals surface area contributed by atoms with E-state index >= 15 is 0 Å². The summed E-state index contributed by atoms with van der Waals surface area (Å²) < 4.78 is 5.58. The fraction of sp³-hybridized carbons (Fsp3) is 0.143. The molecule has 5 heteroatoms. The predicted molar refractivity (Wildman–Crippen MR) is 103 cm³/mol. The summed E-state index contributed by atoms with van der Waals surface area (Å²) in [7, 11) is 3.79. The van der Waals surface area contributed by atoms with Gasteiger partial charge in [0.05, 0.1) is 12.1 Å². The van der Waals surface area contributed by atoms with Gasteiger partial charge in [-0.15, -0.1) is 0 Å². The van der Waals surface area contributed by atoms with E-state index < -0.39 is 5.92 Å². The van der Waals surface area contributed by atoms with E-state index in [0.717, 1.165) is 17.0 Å². The van der Waals surface area contributed by atoms with Crippen molar-refractivity contribution in [1.29, 1.82) is 0 Å². The van der Waals surface area contributed by atoms with Crippen molar-refractivity contribution < 1.29 is 9.21 Å². The molecule has 0 saturated heterocycles. The summed E-state index contributed by atoms with van der Waals surface area (Å²) in [4.78, 5) is 14.6. The van der Waals surface area contributed by atoms with Gasteiger partial charge >= 0.3 is 0 Å². The number of benzene rings is 2. The van der Waals surface area contributed by atoms with E-state index in [1.807, 2.05) is 85.7 Å². The van der Waals surface area contributed by atoms with Gasteiger partial charge in [0.25, 0.3) is 5.91 Å². The van der Waals surface area contributed by atoms with Crippen LogP contribution in [-0.4, -0.2) is 26.2 Å². The van der Waals surface area contributed by atoms with E-state index in [-0.39, 0.29) is 5.91 Å². The van der Waals surface area contributed by atoms with Crippen LogP contribution in [-0.2, 0) is 4.79 Å². The standard InChI is InChI=1S/C21H21N3O2/c1-24(2)19-14-13-18(26-19)15-22-23-21(25)20(16-9-5-3-6-10-16)17-11-7-4-8-12-17/h3-15,20H,1-2H3,(H,23,25)/b22-15+. The van der Waals surface area contributed by atoms with Gasteiger partial charge in [0.2, 0.25) is 0 Å². The lowest BCUT2D eigenvalue weighted by molar-refractivity contribution is -0.121. The molecule has 0 unspecified atom stereocenters. The first kappa shape index (κ1) is 17.5. The summed E-state index contributed by atoms with van der Waals surface area (Å²) in [5, 5.41) is 4.05. The van der Waals surface area contributed by atoms with E-state index in [4.69, 9.17) is 4.42 Å². The van der Waals surface area contributed by atoms with Gasteiger partial charge in [-0.2, -0.15) is 5.10 Å². The molecule has 1 heterocycles. The molecule has 1 amide bonds. The van der Waals surface area contributed by atoms with Crippen LogP contribution in [0.15, 0.2) is 82.3 Å². The zero-order valence-electron chi connectivity index (χ0n) is 14.8. The average Bonchev–Trinajstić information content (AvgIpc) is 3.13. The van der Waals surface area contributed by atoms with Crippen molar-refractivity contribution in [3.8, 4) is 0 Å². The molecule has 0 spiro atoms. The van der Waals surface area contributed by atoms with Gasteiger partial charge in [-0.25, -0.2) is 5.43 Å². The second kappa shape index (κ2) is 8.16. The average molecular weight is 347 g/mol. The van der Waals surface area contributed by atoms with Crippen LogP contribution in [0.25, 0.3) is 0 Å². The summed E-state index contributed by atoms with van der Waals surface area (Å²) in [5.74, 6) is 0.677. The van der Waals surface area contributed by atoms with Crippen molar-refractivity contribution >= 4 is 18.0 Å². The third-order valence-electron chi connectivity index (χ3n) is 3.95. The fourth-order valence-corrected chi connectivity index (χ4v) is 2.66. The molecule has 0 fully saturated rings. The number of amides is 1. The van der Waals surface area contributed by atoms with Gasteiger partial charge in [-0.3, -0.25) is 4.79 Å². The van der Waals surface area contributed by atoms with Crippen LogP contribution >= 0.6 is 0 Å². The third-order valence-corrected chi connectivity index (χ3v) is 3.95. The fourth-order valence-electron chi connectivity index (χ4n) is 2.66. The summed E-state index contributed by atoms with van der Waals surface area (Å²) in [6, 6.07) is 23.0. The number of hydrogen-bond donors (Lipinski definition) is 1. The molecule has 0 aliphatic heterocycles. The maximum absolute atomic E-state index is 12.8. The van der Waals surface area contributed by atoms with Crippen molar-refractivity contribution in [2.24, 2.45) is 5.10 Å². The van der Waals surface area contributed by atoms with E-state index in [9.17, 15) is 4.79 Å². The number of hydrogen-bond acceptors (Lipinski definition) is 4. The highest BCUT2D eigenvalue weighted by atomic mass is 16.4. The molecule has 0 radical (unpaired) electrons. The van der Waals surface area contributed by atoms with Gasteiger partial charge in [0.15, 0.2) is 5.88 Å². The van der Waals surface area contributed by atoms with Crippen molar-refractivity contribution in [2.75, 3.05) is 19.0 Å². The molecule has 0 bridgehead atoms. The number of rotatable bonds is 6. The predicted octanol–water partition coefficient (Wildman–Crippen LogP) is 3.63. The Bertz CT molecular complexity index is 831. The van der Waals surface area contributed by atoms with Crippen molar-refractivity contribution in [3.63, 3.8) is 0 Å². The summed E-state index contributed by atoms with van der Waals surface area (Å²) >= 11 is 0. The molecule has 1 aromatic heterocycles. The maximum atomic E-state index is 12.8. The molecular formula is C21H21N3O2. The molecular weight excluding hydrogens is 326 g/mol. The van der Waals surface area contributed by atoms with Crippen LogP contribution in [0.1, 0.15) is 22.8 Å². The number of nitrogens with zero attached hydrogens (tertiary/aromatic N) is 2. The zero-order chi connectivity index (χ0) is 18.4. The van der Waals surface area contributed by atoms with Crippen molar-refractivity contribution in [1.82, 2.24) is 5.43 Å². The molecule has 0 aliphatic rings. The molecule has 2 aromatic carbocycles. The largest absolute Gasteiger partial charge is 0.440 e. The first-order chi connectivity index (χ1) is 12.6. The third kappa shape index (κ3) is 4.19. The SMILES string of the molecule is CN(C)c1ccc(/C=N/NC(=O)C(c2ccccc2)c2ccccc2)o1. The second-order valence-corrected chi connectivity index (χ2v) is 6.06. The Kier molecular flexibility index (Phi) is 5.49. The topological polar surface area (TPSA) is 57.8 Å². The smallest absolute Gasteiger partial charge is 0.252 e. The second-order valence-electron chi connectivity index (χ2n) is 6.06. The van der Waals surface area contributed by atoms with Crippen LogP contribution < -0.4 is 10.3 Å². The number of hydrazone groups is 1. The van der Waals surface area contributed by atoms with Crippen LogP contribution in [0.2, 0.25) is 0 Å². The van der Waals surface area contributed by atoms with Crippen LogP contribution in [0.5, 0.6) is 0 Å². The minimum Gasteiger partial charge on any atom is -0.440 e. The van der Waals surface area contributed by atoms with Gasteiger partial charge in [-0.05, 0) is 17.2 Å². The Morgan fingerprint density at radius 2 is 1.54 bits per heavy atom. The Hall–Kier alpha value is -3.34. The van der Waals surface area contributed by atoms with Gasteiger partial charge in [-0.1, -0.05) is 60.7 Å². The lowest BCUT2D eigenvalue weighted by Crippen LogP contribution is -2.26. The van der Waals surface area contributed by atoms with Gasteiger partial charge in [0.1, 0.15) is 5.76 Å². The highest BCUT2D eigenvalue weighted by molar-refractivity contribution is 5.88. The minimum atomic E-state index is -0.427. The lowest BCUT2D eigenvalue weighted by atomic mass is 9.91. The van der Waals surface area contributed by atoms with Gasteiger partial charge in [0, 0.05) is 20.2 Å². The van der Waals surface area contributed by atoms with E-state index in [2.05, 4.69) is 10.5 Å². The van der Waals surface area contributed by atoms with E-state index in [1.54, 1.807) is 6.07 Å². The summed E-state index contributed by atoms with van der Waals surface area (Å²) in [6.45, 7) is 0. The van der Waals surface area contributed by atoms with Crippen molar-refractivity contribution in [2.45, 2.75) is 5.92 Å². The number of carbonyl (C=O) groups excluding carboxylic acids is 1. The highest BCUT2D eigenvalue weighted by Crippen LogP contribution is 2.24. The monoisotopic (exact) mass is 347 g/mol. The molecule has 132 valence electrons. The molecule has 5 nitrogen and oxygen atoms in total. The molecule has 3 aromatic rings. The quantitative estimate of drug-likeness (QED) is 0.547. The Morgan fingerprint density at radius 1 is 0.962 bits per heavy atom. The van der Waals surface area contributed by atoms with E-state index in [1.165, 1.54) is 6.21 Å². The highest BCUT2D eigenvalue weighted by Gasteiger charge is 2.22. The number of nitrogens with one attached hydrogen (secondary N) is 1. The first-order valence-electron chi connectivity index (χ1n) is 8.35. The number of furan rings is 1. The normalized spacial score (nSPS) is 11.0. The molecule has 0 atom stereocenters. The zero-order valence-corrected chi connectivity index (χ0v) is 14.8.